The van der Waals surface area contributed by atoms with Crippen LogP contribution in [0.15, 0.2) is 11.1 Å². The van der Waals surface area contributed by atoms with Gasteiger partial charge in [0.1, 0.15) is 24.4 Å². The maximum atomic E-state index is 13.6. The summed E-state index contributed by atoms with van der Waals surface area (Å²) in [7, 11) is 0. The predicted molar refractivity (Wildman–Crippen MR) is 86.1 cm³/mol. The van der Waals surface area contributed by atoms with E-state index in [1.54, 1.807) is 0 Å². The van der Waals surface area contributed by atoms with Gasteiger partial charge in [0.15, 0.2) is 11.2 Å². The van der Waals surface area contributed by atoms with Crippen LogP contribution >= 0.6 is 0 Å². The van der Waals surface area contributed by atoms with Crippen molar-refractivity contribution >= 4 is 11.8 Å². The van der Waals surface area contributed by atoms with Crippen LogP contribution in [-0.4, -0.2) is 53.5 Å². The van der Waals surface area contributed by atoms with Crippen molar-refractivity contribution in [2.75, 3.05) is 6.61 Å². The minimum absolute atomic E-state index is 0.0689. The minimum atomic E-state index is -0.832. The van der Waals surface area contributed by atoms with Gasteiger partial charge in [-0.1, -0.05) is 20.8 Å². The van der Waals surface area contributed by atoms with Crippen molar-refractivity contribution < 1.29 is 28.5 Å². The number of cyclic esters (lactones) is 1. The maximum absolute atomic E-state index is 13.6. The molecule has 26 heavy (non-hydrogen) atoms. The summed E-state index contributed by atoms with van der Waals surface area (Å²) in [5.74, 6) is 0.252. The van der Waals surface area contributed by atoms with Crippen molar-refractivity contribution in [1.29, 1.82) is 0 Å². The maximum Gasteiger partial charge on any atom is 0.334 e. The van der Waals surface area contributed by atoms with Crippen LogP contribution in [0.5, 0.6) is 0 Å². The molecule has 4 aliphatic heterocycles. The van der Waals surface area contributed by atoms with Crippen LogP contribution in [0, 0.1) is 17.3 Å². The first-order chi connectivity index (χ1) is 12.3. The van der Waals surface area contributed by atoms with E-state index in [1.165, 1.54) is 0 Å². The predicted octanol–water partition coefficient (Wildman–Crippen LogP) is 1.31. The number of fused-ring (bicyclic) bond motifs is 4. The molecule has 0 aromatic heterocycles. The number of Topliss-reactive ketones (excluding diaryl/α,β-unsaturated/α-hetero) is 1. The SMILES string of the molecule is CC(C)[C@]12O[C@H]1[C@@H]1O[C@@]13[C@@]1(C)CCC4=C(COC4=O)[C@@H]1C[C@@H]1O[C@@]13C2=O. The highest BCUT2D eigenvalue weighted by Gasteiger charge is 3.00. The topological polar surface area (TPSA) is 81.0 Å². The first-order valence-corrected chi connectivity index (χ1v) is 9.82. The lowest BCUT2D eigenvalue weighted by atomic mass is 9.47. The standard InChI is InChI=1S/C20H22O6/c1-8(2)18-13(25-18)14-20(26-14)17(3)5-4-9-10(7-23-15(9)21)11(17)6-12-19(20,24-12)16(18)22/h8,11-14H,4-7H2,1-3H3/t11-,12-,13-,14-,17-,18-,19+,20+/m0/s1. The summed E-state index contributed by atoms with van der Waals surface area (Å²) in [4.78, 5) is 25.7. The number of hydrogen-bond acceptors (Lipinski definition) is 6. The van der Waals surface area contributed by atoms with Crippen LogP contribution < -0.4 is 0 Å². The fourth-order valence-corrected chi connectivity index (χ4v) is 7.41. The first-order valence-electron chi connectivity index (χ1n) is 9.82. The summed E-state index contributed by atoms with van der Waals surface area (Å²) in [6.07, 6.45) is 1.97. The molecule has 3 aliphatic carbocycles. The highest BCUT2D eigenvalue weighted by Crippen LogP contribution is 2.81. The Balaban J connectivity index is 1.40. The number of ketones is 1. The molecule has 0 bridgehead atoms. The van der Waals surface area contributed by atoms with Crippen molar-refractivity contribution in [2.24, 2.45) is 17.3 Å². The van der Waals surface area contributed by atoms with Crippen LogP contribution in [0.1, 0.15) is 40.0 Å². The summed E-state index contributed by atoms with van der Waals surface area (Å²) >= 11 is 0. The number of hydrogen-bond donors (Lipinski definition) is 0. The average molecular weight is 358 g/mol. The monoisotopic (exact) mass is 358 g/mol. The Morgan fingerprint density at radius 3 is 2.69 bits per heavy atom. The second kappa shape index (κ2) is 3.69. The normalized spacial score (nSPS) is 60.3. The molecule has 0 aromatic rings. The van der Waals surface area contributed by atoms with E-state index < -0.39 is 16.8 Å². The Hall–Kier alpha value is -1.24. The van der Waals surface area contributed by atoms with Crippen molar-refractivity contribution in [2.45, 2.75) is 75.1 Å². The Labute approximate surface area is 151 Å². The molecule has 0 radical (unpaired) electrons. The smallest absolute Gasteiger partial charge is 0.334 e. The van der Waals surface area contributed by atoms with E-state index in [0.717, 1.165) is 24.0 Å². The molecule has 0 amide bonds. The molecular weight excluding hydrogens is 336 g/mol. The molecule has 7 rings (SSSR count). The summed E-state index contributed by atoms with van der Waals surface area (Å²) in [6.45, 7) is 6.72. The van der Waals surface area contributed by atoms with E-state index in [9.17, 15) is 9.59 Å². The number of carbonyl (C=O) groups is 2. The molecule has 6 nitrogen and oxygen atoms in total. The zero-order chi connectivity index (χ0) is 17.9. The highest BCUT2D eigenvalue weighted by molar-refractivity contribution is 6.05. The Kier molecular flexibility index (Phi) is 2.10. The van der Waals surface area contributed by atoms with Gasteiger partial charge in [-0.2, -0.15) is 0 Å². The number of ether oxygens (including phenoxy) is 4. The van der Waals surface area contributed by atoms with E-state index in [-0.39, 0.29) is 47.3 Å². The zero-order valence-corrected chi connectivity index (χ0v) is 15.2. The van der Waals surface area contributed by atoms with Gasteiger partial charge in [-0.3, -0.25) is 4.79 Å². The van der Waals surface area contributed by atoms with Crippen molar-refractivity contribution in [3.05, 3.63) is 11.1 Å². The fraction of sp³-hybridized carbons (Fsp3) is 0.800. The molecule has 0 aromatic carbocycles. The number of esters is 1. The third-order valence-corrected chi connectivity index (χ3v) is 8.82. The number of epoxide rings is 3. The molecule has 3 saturated heterocycles. The molecule has 0 N–H and O–H groups in total. The van der Waals surface area contributed by atoms with Crippen LogP contribution in [0.2, 0.25) is 0 Å². The Bertz CT molecular complexity index is 860. The van der Waals surface area contributed by atoms with Gasteiger partial charge in [0, 0.05) is 11.0 Å². The largest absolute Gasteiger partial charge is 0.458 e. The van der Waals surface area contributed by atoms with Crippen LogP contribution in [0.25, 0.3) is 0 Å². The van der Waals surface area contributed by atoms with Crippen LogP contribution in [-0.2, 0) is 28.5 Å². The van der Waals surface area contributed by atoms with Crippen molar-refractivity contribution in [1.82, 2.24) is 0 Å². The van der Waals surface area contributed by atoms with Gasteiger partial charge in [-0.05, 0) is 36.7 Å². The zero-order valence-electron chi connectivity index (χ0n) is 15.2. The summed E-state index contributed by atoms with van der Waals surface area (Å²) in [6, 6.07) is 0. The second-order valence-electron chi connectivity index (χ2n) is 9.72. The average Bonchev–Trinajstić information content (AvgIpc) is 3.47. The Morgan fingerprint density at radius 2 is 1.92 bits per heavy atom. The molecule has 6 heteroatoms. The van der Waals surface area contributed by atoms with E-state index in [4.69, 9.17) is 18.9 Å². The second-order valence-corrected chi connectivity index (χ2v) is 9.72. The molecule has 2 spiro atoms. The van der Waals surface area contributed by atoms with Gasteiger partial charge in [-0.15, -0.1) is 0 Å². The third kappa shape index (κ3) is 1.10. The molecule has 5 fully saturated rings. The van der Waals surface area contributed by atoms with E-state index in [1.807, 2.05) is 13.8 Å². The van der Waals surface area contributed by atoms with E-state index in [2.05, 4.69) is 6.92 Å². The van der Waals surface area contributed by atoms with E-state index >= 15 is 0 Å². The van der Waals surface area contributed by atoms with Gasteiger partial charge >= 0.3 is 5.97 Å². The minimum Gasteiger partial charge on any atom is -0.458 e. The van der Waals surface area contributed by atoms with Gasteiger partial charge < -0.3 is 18.9 Å². The summed E-state index contributed by atoms with van der Waals surface area (Å²) < 4.78 is 24.1. The van der Waals surface area contributed by atoms with Crippen LogP contribution in [0.3, 0.4) is 0 Å². The lowest BCUT2D eigenvalue weighted by molar-refractivity contribution is -0.139. The first kappa shape index (κ1) is 14.8. The van der Waals surface area contributed by atoms with Gasteiger partial charge in [-0.25, -0.2) is 4.79 Å². The molecular formula is C20H22O6. The fourth-order valence-electron chi connectivity index (χ4n) is 7.41. The quantitative estimate of drug-likeness (QED) is 0.519. The van der Waals surface area contributed by atoms with Crippen LogP contribution in [0.4, 0.5) is 0 Å². The molecule has 4 heterocycles. The molecule has 8 atom stereocenters. The molecule has 138 valence electrons. The summed E-state index contributed by atoms with van der Waals surface area (Å²) in [5, 5.41) is 0. The number of rotatable bonds is 1. The van der Waals surface area contributed by atoms with Gasteiger partial charge in [0.25, 0.3) is 0 Å². The number of carbonyl (C=O) groups excluding carboxylic acids is 2. The van der Waals surface area contributed by atoms with E-state index in [0.29, 0.717) is 13.0 Å². The Morgan fingerprint density at radius 1 is 1.12 bits per heavy atom. The van der Waals surface area contributed by atoms with Crippen molar-refractivity contribution in [3.63, 3.8) is 0 Å². The lowest BCUT2D eigenvalue weighted by Gasteiger charge is -2.51. The molecule has 0 unspecified atom stereocenters. The highest BCUT2D eigenvalue weighted by atomic mass is 16.7. The molecule has 7 aliphatic rings. The lowest BCUT2D eigenvalue weighted by Crippen LogP contribution is -2.67. The van der Waals surface area contributed by atoms with Gasteiger partial charge in [0.05, 0.1) is 6.10 Å². The summed E-state index contributed by atoms with van der Waals surface area (Å²) in [5.41, 5.74) is -0.371. The molecule has 2 saturated carbocycles. The third-order valence-electron chi connectivity index (χ3n) is 8.82. The van der Waals surface area contributed by atoms with Crippen molar-refractivity contribution in [3.8, 4) is 0 Å². The van der Waals surface area contributed by atoms with Gasteiger partial charge in [0.2, 0.25) is 5.78 Å².